The van der Waals surface area contributed by atoms with Crippen LogP contribution in [0.25, 0.3) is 0 Å². The zero-order chi connectivity index (χ0) is 15.3. The van der Waals surface area contributed by atoms with Crippen LogP contribution in [0.1, 0.15) is 18.1 Å². The monoisotopic (exact) mass is 289 g/mol. The molecule has 1 aromatic rings. The fraction of sp³-hybridized carbons (Fsp3) is 0.462. The van der Waals surface area contributed by atoms with Gasteiger partial charge in [-0.25, -0.2) is 0 Å². The van der Waals surface area contributed by atoms with Crippen molar-refractivity contribution < 1.29 is 18.4 Å². The van der Waals surface area contributed by atoms with Gasteiger partial charge in [-0.05, 0) is 18.7 Å². The van der Waals surface area contributed by atoms with E-state index in [0.717, 1.165) is 12.1 Å². The fourth-order valence-electron chi connectivity index (χ4n) is 1.88. The van der Waals surface area contributed by atoms with Crippen molar-refractivity contribution in [2.75, 3.05) is 13.6 Å². The molecular formula is C13H18F3N3O. The van der Waals surface area contributed by atoms with E-state index in [1.54, 1.807) is 20.0 Å². The minimum absolute atomic E-state index is 0.0980. The Morgan fingerprint density at radius 1 is 1.45 bits per heavy atom. The first kappa shape index (κ1) is 16.3. The van der Waals surface area contributed by atoms with Crippen molar-refractivity contribution in [3.8, 4) is 0 Å². The molecule has 0 bridgehead atoms. The van der Waals surface area contributed by atoms with Gasteiger partial charge in [0, 0.05) is 19.0 Å². The smallest absolute Gasteiger partial charge is 0.409 e. The minimum Gasteiger partial charge on any atom is -0.409 e. The third kappa shape index (κ3) is 4.73. The first-order valence-electron chi connectivity index (χ1n) is 6.06. The average molecular weight is 289 g/mol. The van der Waals surface area contributed by atoms with E-state index in [0.29, 0.717) is 18.7 Å². The Morgan fingerprint density at radius 2 is 2.10 bits per heavy atom. The van der Waals surface area contributed by atoms with E-state index in [-0.39, 0.29) is 11.8 Å². The van der Waals surface area contributed by atoms with Gasteiger partial charge in [0.25, 0.3) is 0 Å². The van der Waals surface area contributed by atoms with Crippen molar-refractivity contribution in [3.05, 3.63) is 35.4 Å². The predicted octanol–water partition coefficient (Wildman–Crippen LogP) is 2.52. The van der Waals surface area contributed by atoms with E-state index in [1.807, 2.05) is 4.90 Å². The van der Waals surface area contributed by atoms with Crippen molar-refractivity contribution in [3.63, 3.8) is 0 Å². The summed E-state index contributed by atoms with van der Waals surface area (Å²) in [5.74, 6) is -0.0864. The Balaban J connectivity index is 2.69. The molecule has 0 aliphatic rings. The van der Waals surface area contributed by atoms with E-state index in [4.69, 9.17) is 10.9 Å². The minimum atomic E-state index is -4.34. The summed E-state index contributed by atoms with van der Waals surface area (Å²) in [6.45, 7) is 2.61. The summed E-state index contributed by atoms with van der Waals surface area (Å²) in [4.78, 5) is 1.82. The van der Waals surface area contributed by atoms with Crippen LogP contribution in [-0.2, 0) is 12.7 Å². The van der Waals surface area contributed by atoms with Crippen LogP contribution in [0.3, 0.4) is 0 Å². The number of amidine groups is 1. The SMILES string of the molecule is CC(CN(C)Cc1cccc(C(F)(F)F)c1)C(N)=NO. The average Bonchev–Trinajstić information content (AvgIpc) is 2.36. The quantitative estimate of drug-likeness (QED) is 0.379. The molecule has 0 aromatic heterocycles. The van der Waals surface area contributed by atoms with E-state index in [9.17, 15) is 13.2 Å². The van der Waals surface area contributed by atoms with Gasteiger partial charge in [-0.1, -0.05) is 30.3 Å². The zero-order valence-electron chi connectivity index (χ0n) is 11.4. The molecule has 4 nitrogen and oxygen atoms in total. The molecule has 0 radical (unpaired) electrons. The van der Waals surface area contributed by atoms with Gasteiger partial charge in [0.2, 0.25) is 0 Å². The van der Waals surface area contributed by atoms with E-state index in [2.05, 4.69) is 5.16 Å². The highest BCUT2D eigenvalue weighted by molar-refractivity contribution is 5.82. The van der Waals surface area contributed by atoms with Gasteiger partial charge < -0.3 is 15.8 Å². The largest absolute Gasteiger partial charge is 0.416 e. The number of oxime groups is 1. The van der Waals surface area contributed by atoms with Gasteiger partial charge in [-0.3, -0.25) is 0 Å². The summed E-state index contributed by atoms with van der Waals surface area (Å²) in [6, 6.07) is 5.20. The maximum Gasteiger partial charge on any atom is 0.416 e. The van der Waals surface area contributed by atoms with Crippen LogP contribution in [0.4, 0.5) is 13.2 Å². The number of halogens is 3. The second-order valence-electron chi connectivity index (χ2n) is 4.82. The Kier molecular flexibility index (Phi) is 5.38. The maximum atomic E-state index is 12.6. The number of alkyl halides is 3. The van der Waals surface area contributed by atoms with Gasteiger partial charge in [0.05, 0.1) is 5.56 Å². The second kappa shape index (κ2) is 6.60. The molecule has 0 amide bonds. The van der Waals surface area contributed by atoms with Crippen LogP contribution in [0.2, 0.25) is 0 Å². The summed E-state index contributed by atoms with van der Waals surface area (Å²) in [5.41, 5.74) is 5.37. The number of nitrogens with two attached hydrogens (primary N) is 1. The molecule has 0 heterocycles. The molecule has 0 aliphatic carbocycles. The van der Waals surface area contributed by atoms with Crippen molar-refractivity contribution in [1.29, 1.82) is 0 Å². The highest BCUT2D eigenvalue weighted by Crippen LogP contribution is 2.29. The number of benzene rings is 1. The summed E-state index contributed by atoms with van der Waals surface area (Å²) in [5, 5.41) is 11.5. The third-order valence-electron chi connectivity index (χ3n) is 2.91. The summed E-state index contributed by atoms with van der Waals surface area (Å²) < 4.78 is 37.8. The summed E-state index contributed by atoms with van der Waals surface area (Å²) >= 11 is 0. The number of hydrogen-bond donors (Lipinski definition) is 2. The van der Waals surface area contributed by atoms with Crippen LogP contribution in [0, 0.1) is 5.92 Å². The molecule has 0 spiro atoms. The van der Waals surface area contributed by atoms with Crippen LogP contribution >= 0.6 is 0 Å². The van der Waals surface area contributed by atoms with E-state index in [1.165, 1.54) is 6.07 Å². The Bertz CT molecular complexity index is 474. The van der Waals surface area contributed by atoms with Gasteiger partial charge in [-0.15, -0.1) is 0 Å². The molecule has 1 atom stereocenters. The Labute approximate surface area is 115 Å². The Morgan fingerprint density at radius 3 is 2.65 bits per heavy atom. The van der Waals surface area contributed by atoms with Crippen molar-refractivity contribution in [2.45, 2.75) is 19.6 Å². The van der Waals surface area contributed by atoms with Gasteiger partial charge in [-0.2, -0.15) is 13.2 Å². The molecule has 1 unspecified atom stereocenters. The molecule has 20 heavy (non-hydrogen) atoms. The van der Waals surface area contributed by atoms with Crippen LogP contribution in [0.15, 0.2) is 29.4 Å². The number of hydrogen-bond acceptors (Lipinski definition) is 3. The molecule has 112 valence electrons. The van der Waals surface area contributed by atoms with Crippen LogP contribution in [0.5, 0.6) is 0 Å². The summed E-state index contributed by atoms with van der Waals surface area (Å²) in [6.07, 6.45) is -4.34. The predicted molar refractivity (Wildman–Crippen MR) is 70.4 cm³/mol. The fourth-order valence-corrected chi connectivity index (χ4v) is 1.88. The lowest BCUT2D eigenvalue weighted by atomic mass is 10.1. The second-order valence-corrected chi connectivity index (χ2v) is 4.82. The van der Waals surface area contributed by atoms with Crippen molar-refractivity contribution >= 4 is 5.84 Å². The standard InChI is InChI=1S/C13H18F3N3O/c1-9(12(17)18-20)7-19(2)8-10-4-3-5-11(6-10)13(14,15)16/h3-6,9,20H,7-8H2,1-2H3,(H2,17,18). The van der Waals surface area contributed by atoms with Crippen LogP contribution in [-0.4, -0.2) is 29.5 Å². The summed E-state index contributed by atoms with van der Waals surface area (Å²) in [7, 11) is 1.77. The zero-order valence-corrected chi connectivity index (χ0v) is 11.4. The lowest BCUT2D eigenvalue weighted by molar-refractivity contribution is -0.137. The van der Waals surface area contributed by atoms with Gasteiger partial charge in [0.1, 0.15) is 5.84 Å². The molecule has 1 aromatic carbocycles. The number of rotatable bonds is 5. The molecule has 7 heteroatoms. The van der Waals surface area contributed by atoms with E-state index < -0.39 is 11.7 Å². The molecule has 0 saturated heterocycles. The first-order chi connectivity index (χ1) is 9.24. The third-order valence-corrected chi connectivity index (χ3v) is 2.91. The number of nitrogens with zero attached hydrogens (tertiary/aromatic N) is 2. The lowest BCUT2D eigenvalue weighted by Crippen LogP contribution is -2.32. The highest BCUT2D eigenvalue weighted by Gasteiger charge is 2.30. The lowest BCUT2D eigenvalue weighted by Gasteiger charge is -2.21. The molecule has 0 fully saturated rings. The Hall–Kier alpha value is -1.76. The van der Waals surface area contributed by atoms with Crippen molar-refractivity contribution in [2.24, 2.45) is 16.8 Å². The van der Waals surface area contributed by atoms with Gasteiger partial charge >= 0.3 is 6.18 Å². The first-order valence-corrected chi connectivity index (χ1v) is 6.06. The van der Waals surface area contributed by atoms with E-state index >= 15 is 0 Å². The molecule has 0 saturated carbocycles. The van der Waals surface area contributed by atoms with Gasteiger partial charge in [0.15, 0.2) is 0 Å². The molecule has 1 rings (SSSR count). The molecular weight excluding hydrogens is 271 g/mol. The molecule has 3 N–H and O–H groups in total. The normalized spacial score (nSPS) is 14.6. The van der Waals surface area contributed by atoms with Crippen LogP contribution < -0.4 is 5.73 Å². The maximum absolute atomic E-state index is 12.6. The van der Waals surface area contributed by atoms with Crippen molar-refractivity contribution in [1.82, 2.24) is 4.90 Å². The molecule has 0 aliphatic heterocycles. The topological polar surface area (TPSA) is 61.8 Å². The highest BCUT2D eigenvalue weighted by atomic mass is 19.4.